The van der Waals surface area contributed by atoms with Gasteiger partial charge in [-0.1, -0.05) is 19.1 Å². The summed E-state index contributed by atoms with van der Waals surface area (Å²) in [6.45, 7) is 5.54. The molecule has 1 aliphatic carbocycles. The maximum atomic E-state index is 12.0. The first-order valence-electron chi connectivity index (χ1n) is 8.32. The van der Waals surface area contributed by atoms with Gasteiger partial charge in [-0.25, -0.2) is 4.98 Å². The molecular weight excluding hydrogens is 294 g/mol. The lowest BCUT2D eigenvalue weighted by molar-refractivity contribution is -0.116. The largest absolute Gasteiger partial charge is 0.302 e. The number of hydrogen-bond donors (Lipinski definition) is 1. The highest BCUT2D eigenvalue weighted by molar-refractivity contribution is 7.13. The molecule has 1 N–H and O–H groups in total. The van der Waals surface area contributed by atoms with Gasteiger partial charge in [-0.05, 0) is 44.1 Å². The van der Waals surface area contributed by atoms with Crippen molar-refractivity contribution in [3.8, 4) is 0 Å². The van der Waals surface area contributed by atoms with Crippen LogP contribution in [0.1, 0.15) is 44.7 Å². The third kappa shape index (κ3) is 4.40. The topological polar surface area (TPSA) is 45.2 Å². The number of carbonyl (C=O) groups is 1. The lowest BCUT2D eigenvalue weighted by Gasteiger charge is -2.30. The normalized spacial score (nSPS) is 25.5. The number of carbonyl (C=O) groups excluding carboxylic acids is 1. The molecule has 1 aromatic heterocycles. The highest BCUT2D eigenvalue weighted by atomic mass is 32.1. The zero-order chi connectivity index (χ0) is 15.4. The monoisotopic (exact) mass is 319 g/mol. The molecule has 1 amide bonds. The van der Waals surface area contributed by atoms with Gasteiger partial charge in [0.1, 0.15) is 0 Å². The molecule has 0 saturated carbocycles. The van der Waals surface area contributed by atoms with Crippen molar-refractivity contribution in [2.45, 2.75) is 45.6 Å². The molecule has 2 heterocycles. The minimum absolute atomic E-state index is 0.0871. The number of nitrogens with zero attached hydrogens (tertiary/aromatic N) is 2. The number of nitrogens with one attached hydrogen (secondary N) is 1. The maximum Gasteiger partial charge on any atom is 0.226 e. The summed E-state index contributed by atoms with van der Waals surface area (Å²) in [6.07, 6.45) is 9.73. The summed E-state index contributed by atoms with van der Waals surface area (Å²) >= 11 is 1.54. The van der Waals surface area contributed by atoms with Crippen LogP contribution in [-0.2, 0) is 11.3 Å². The molecule has 0 spiro atoms. The van der Waals surface area contributed by atoms with E-state index in [1.165, 1.54) is 24.2 Å². The molecule has 1 fully saturated rings. The van der Waals surface area contributed by atoms with Crippen LogP contribution < -0.4 is 5.32 Å². The molecular formula is C17H25N3OS. The van der Waals surface area contributed by atoms with E-state index in [0.717, 1.165) is 49.2 Å². The molecule has 2 aliphatic rings. The van der Waals surface area contributed by atoms with E-state index >= 15 is 0 Å². The number of allylic oxidation sites excluding steroid dienone is 2. The van der Waals surface area contributed by atoms with Gasteiger partial charge in [0.15, 0.2) is 5.13 Å². The molecule has 1 saturated heterocycles. The van der Waals surface area contributed by atoms with Gasteiger partial charge >= 0.3 is 0 Å². The van der Waals surface area contributed by atoms with E-state index in [9.17, 15) is 4.79 Å². The highest BCUT2D eigenvalue weighted by Crippen LogP contribution is 2.23. The van der Waals surface area contributed by atoms with Crippen LogP contribution in [0.15, 0.2) is 17.5 Å². The third-order valence-corrected chi connectivity index (χ3v) is 5.29. The molecule has 2 unspecified atom stereocenters. The van der Waals surface area contributed by atoms with Gasteiger partial charge in [0.25, 0.3) is 0 Å². The van der Waals surface area contributed by atoms with Gasteiger partial charge in [0.2, 0.25) is 5.91 Å². The molecule has 2 atom stereocenters. The van der Waals surface area contributed by atoms with Crippen LogP contribution in [0.3, 0.4) is 0 Å². The molecule has 0 aromatic carbocycles. The van der Waals surface area contributed by atoms with Crippen molar-refractivity contribution in [1.29, 1.82) is 0 Å². The summed E-state index contributed by atoms with van der Waals surface area (Å²) < 4.78 is 0. The van der Waals surface area contributed by atoms with Crippen LogP contribution >= 0.6 is 11.3 Å². The Labute approximate surface area is 136 Å². The van der Waals surface area contributed by atoms with E-state index in [1.807, 2.05) is 0 Å². The Morgan fingerprint density at radius 2 is 2.41 bits per heavy atom. The molecule has 0 radical (unpaired) electrons. The Morgan fingerprint density at radius 3 is 3.18 bits per heavy atom. The summed E-state index contributed by atoms with van der Waals surface area (Å²) in [5.41, 5.74) is 1.08. The second kappa shape index (κ2) is 7.38. The Hall–Kier alpha value is -1.20. The van der Waals surface area contributed by atoms with E-state index in [-0.39, 0.29) is 5.91 Å². The smallest absolute Gasteiger partial charge is 0.226 e. The van der Waals surface area contributed by atoms with Crippen molar-refractivity contribution in [2.24, 2.45) is 11.8 Å². The van der Waals surface area contributed by atoms with Crippen molar-refractivity contribution in [3.63, 3.8) is 0 Å². The first-order valence-corrected chi connectivity index (χ1v) is 9.20. The molecule has 1 aromatic rings. The van der Waals surface area contributed by atoms with Crippen LogP contribution in [0, 0.1) is 11.8 Å². The van der Waals surface area contributed by atoms with Crippen LogP contribution in [-0.4, -0.2) is 28.9 Å². The number of anilines is 1. The highest BCUT2D eigenvalue weighted by Gasteiger charge is 2.18. The van der Waals surface area contributed by atoms with E-state index < -0.39 is 0 Å². The molecule has 22 heavy (non-hydrogen) atoms. The Morgan fingerprint density at radius 1 is 1.50 bits per heavy atom. The van der Waals surface area contributed by atoms with Gasteiger partial charge in [0, 0.05) is 24.9 Å². The molecule has 120 valence electrons. The summed E-state index contributed by atoms with van der Waals surface area (Å²) in [6, 6.07) is 0. The van der Waals surface area contributed by atoms with Gasteiger partial charge < -0.3 is 5.32 Å². The number of hydrogen-bond acceptors (Lipinski definition) is 4. The van der Waals surface area contributed by atoms with Crippen molar-refractivity contribution < 1.29 is 4.79 Å². The van der Waals surface area contributed by atoms with Crippen molar-refractivity contribution in [2.75, 3.05) is 18.4 Å². The van der Waals surface area contributed by atoms with Crippen LogP contribution in [0.2, 0.25) is 0 Å². The average Bonchev–Trinajstić information content (AvgIpc) is 3.11. The summed E-state index contributed by atoms with van der Waals surface area (Å²) in [5.74, 6) is 1.28. The zero-order valence-corrected chi connectivity index (χ0v) is 14.1. The van der Waals surface area contributed by atoms with Gasteiger partial charge in [0.05, 0.1) is 5.69 Å². The number of amides is 1. The maximum absolute atomic E-state index is 12.0. The minimum Gasteiger partial charge on any atom is -0.302 e. The standard InChI is InChI=1S/C17H25N3OS/c1-13-5-4-8-20(10-13)11-15-12-22-17(18-15)19-16(21)9-14-6-2-3-7-14/h2,6,12-14H,3-5,7-11H2,1H3,(H,18,19,21). The first kappa shape index (κ1) is 15.7. The Balaban J connectivity index is 1.48. The number of piperidine rings is 1. The summed E-state index contributed by atoms with van der Waals surface area (Å²) in [5, 5.41) is 5.77. The first-order chi connectivity index (χ1) is 10.7. The zero-order valence-electron chi connectivity index (χ0n) is 13.3. The van der Waals surface area contributed by atoms with Gasteiger partial charge in [-0.2, -0.15) is 0 Å². The quantitative estimate of drug-likeness (QED) is 0.842. The van der Waals surface area contributed by atoms with E-state index in [0.29, 0.717) is 12.3 Å². The second-order valence-corrected chi connectivity index (χ2v) is 7.50. The minimum atomic E-state index is 0.0871. The number of thiazole rings is 1. The Bertz CT molecular complexity index is 540. The number of likely N-dealkylation sites (tertiary alicyclic amines) is 1. The molecule has 0 bridgehead atoms. The van der Waals surface area contributed by atoms with Crippen molar-refractivity contribution in [3.05, 3.63) is 23.2 Å². The van der Waals surface area contributed by atoms with E-state index in [2.05, 4.69) is 39.7 Å². The lowest BCUT2D eigenvalue weighted by atomic mass is 10.0. The van der Waals surface area contributed by atoms with Crippen LogP contribution in [0.25, 0.3) is 0 Å². The van der Waals surface area contributed by atoms with Crippen molar-refractivity contribution >= 4 is 22.4 Å². The number of rotatable bonds is 5. The predicted octanol–water partition coefficient (Wildman–Crippen LogP) is 3.67. The fraction of sp³-hybridized carbons (Fsp3) is 0.647. The van der Waals surface area contributed by atoms with Crippen LogP contribution in [0.5, 0.6) is 0 Å². The molecule has 4 nitrogen and oxygen atoms in total. The van der Waals surface area contributed by atoms with Crippen molar-refractivity contribution in [1.82, 2.24) is 9.88 Å². The molecule has 3 rings (SSSR count). The Kier molecular flexibility index (Phi) is 5.26. The van der Waals surface area contributed by atoms with E-state index in [4.69, 9.17) is 0 Å². The predicted molar refractivity (Wildman–Crippen MR) is 90.9 cm³/mol. The summed E-state index contributed by atoms with van der Waals surface area (Å²) in [7, 11) is 0. The summed E-state index contributed by atoms with van der Waals surface area (Å²) in [4.78, 5) is 19.1. The molecule has 1 aliphatic heterocycles. The van der Waals surface area contributed by atoms with E-state index in [1.54, 1.807) is 0 Å². The fourth-order valence-electron chi connectivity index (χ4n) is 3.37. The average molecular weight is 319 g/mol. The van der Waals surface area contributed by atoms with Gasteiger partial charge in [-0.15, -0.1) is 11.3 Å². The number of aromatic nitrogens is 1. The SMILES string of the molecule is CC1CCCN(Cc2csc(NC(=O)CC3C=CCC3)n2)C1. The van der Waals surface area contributed by atoms with Crippen LogP contribution in [0.4, 0.5) is 5.13 Å². The fourth-order valence-corrected chi connectivity index (χ4v) is 4.09. The third-order valence-electron chi connectivity index (χ3n) is 4.48. The second-order valence-electron chi connectivity index (χ2n) is 6.64. The molecule has 5 heteroatoms. The van der Waals surface area contributed by atoms with Gasteiger partial charge in [-0.3, -0.25) is 9.69 Å². The lowest BCUT2D eigenvalue weighted by Crippen LogP contribution is -2.33.